The summed E-state index contributed by atoms with van der Waals surface area (Å²) >= 11 is 1.30. The molecule has 1 aromatic carbocycles. The number of rotatable bonds is 3. The van der Waals surface area contributed by atoms with Crippen LogP contribution in [0, 0.1) is 18.3 Å². The fraction of sp³-hybridized carbons (Fsp3) is 0.231. The predicted octanol–water partition coefficient (Wildman–Crippen LogP) is 3.06. The third kappa shape index (κ3) is 2.73. The van der Waals surface area contributed by atoms with Gasteiger partial charge in [0.2, 0.25) is 0 Å². The molecule has 4 nitrogen and oxygen atoms in total. The fourth-order valence-electron chi connectivity index (χ4n) is 1.51. The number of benzene rings is 1. The van der Waals surface area contributed by atoms with Crippen molar-refractivity contribution in [1.82, 2.24) is 4.98 Å². The summed E-state index contributed by atoms with van der Waals surface area (Å²) in [5, 5.41) is 19.1. The van der Waals surface area contributed by atoms with Crippen LogP contribution in [0.4, 0.5) is 0 Å². The van der Waals surface area contributed by atoms with Gasteiger partial charge in [-0.15, -0.1) is 0 Å². The molecule has 0 fully saturated rings. The van der Waals surface area contributed by atoms with E-state index >= 15 is 0 Å². The Hall–Kier alpha value is -1.77. The molecule has 18 heavy (non-hydrogen) atoms. The van der Waals surface area contributed by atoms with Crippen LogP contribution in [-0.2, 0) is 0 Å². The molecule has 0 aliphatic heterocycles. The number of aliphatic hydroxyl groups excluding tert-OH is 1. The second-order valence-corrected chi connectivity index (χ2v) is 4.89. The van der Waals surface area contributed by atoms with E-state index in [0.29, 0.717) is 10.8 Å². The molecule has 2 rings (SSSR count). The highest BCUT2D eigenvalue weighted by Gasteiger charge is 2.12. The number of hydrogen-bond acceptors (Lipinski definition) is 5. The number of nitriles is 1. The average molecular weight is 260 g/mol. The lowest BCUT2D eigenvalue weighted by Crippen LogP contribution is -1.94. The highest BCUT2D eigenvalue weighted by molar-refractivity contribution is 7.99. The van der Waals surface area contributed by atoms with E-state index in [1.807, 2.05) is 6.92 Å². The lowest BCUT2D eigenvalue weighted by Gasteiger charge is -2.10. The Bertz CT molecular complexity index is 599. The van der Waals surface area contributed by atoms with E-state index in [-0.39, 0.29) is 0 Å². The van der Waals surface area contributed by atoms with Gasteiger partial charge >= 0.3 is 0 Å². The third-order valence-corrected chi connectivity index (χ3v) is 3.32. The number of oxazole rings is 1. The summed E-state index contributed by atoms with van der Waals surface area (Å²) in [6.07, 6.45) is 0.967. The molecule has 92 valence electrons. The molecule has 0 radical (unpaired) electrons. The van der Waals surface area contributed by atoms with Crippen LogP contribution in [0.15, 0.2) is 39.0 Å². The first kappa shape index (κ1) is 12.7. The molecule has 1 heterocycles. The summed E-state index contributed by atoms with van der Waals surface area (Å²) in [7, 11) is 0. The van der Waals surface area contributed by atoms with E-state index in [2.05, 4.69) is 11.1 Å². The van der Waals surface area contributed by atoms with Crippen molar-refractivity contribution in [3.05, 3.63) is 41.3 Å². The summed E-state index contributed by atoms with van der Waals surface area (Å²) in [6.45, 7) is 3.53. The highest BCUT2D eigenvalue weighted by atomic mass is 32.2. The highest BCUT2D eigenvalue weighted by Crippen LogP contribution is 2.33. The van der Waals surface area contributed by atoms with Gasteiger partial charge < -0.3 is 9.52 Å². The predicted molar refractivity (Wildman–Crippen MR) is 67.2 cm³/mol. The van der Waals surface area contributed by atoms with Crippen LogP contribution < -0.4 is 0 Å². The minimum Gasteiger partial charge on any atom is -0.439 e. The average Bonchev–Trinajstić information content (AvgIpc) is 2.74. The molecule has 0 amide bonds. The monoisotopic (exact) mass is 260 g/mol. The summed E-state index contributed by atoms with van der Waals surface area (Å²) in [6, 6.07) is 7.25. The summed E-state index contributed by atoms with van der Waals surface area (Å²) in [5.74, 6) is 0. The summed E-state index contributed by atoms with van der Waals surface area (Å²) in [5.41, 5.74) is 2.10. The minimum atomic E-state index is -0.601. The van der Waals surface area contributed by atoms with Gasteiger partial charge in [0.15, 0.2) is 0 Å². The molecule has 1 aromatic heterocycles. The Morgan fingerprint density at radius 2 is 2.28 bits per heavy atom. The topological polar surface area (TPSA) is 70.0 Å². The van der Waals surface area contributed by atoms with Crippen LogP contribution in [0.2, 0.25) is 0 Å². The third-order valence-electron chi connectivity index (χ3n) is 2.39. The summed E-state index contributed by atoms with van der Waals surface area (Å²) < 4.78 is 5.26. The van der Waals surface area contributed by atoms with Gasteiger partial charge in [-0.1, -0.05) is 6.07 Å². The van der Waals surface area contributed by atoms with Crippen LogP contribution in [0.25, 0.3) is 0 Å². The van der Waals surface area contributed by atoms with Crippen molar-refractivity contribution < 1.29 is 9.52 Å². The Morgan fingerprint density at radius 3 is 2.83 bits per heavy atom. The molecule has 1 N–H and O–H groups in total. The minimum absolute atomic E-state index is 0.504. The Kier molecular flexibility index (Phi) is 3.70. The molecular formula is C13H12N2O2S. The number of hydrogen-bond donors (Lipinski definition) is 1. The molecule has 0 saturated heterocycles. The lowest BCUT2D eigenvalue weighted by molar-refractivity contribution is 0.196. The maximum atomic E-state index is 9.70. The van der Waals surface area contributed by atoms with Crippen LogP contribution >= 0.6 is 11.8 Å². The quantitative estimate of drug-likeness (QED) is 0.918. The van der Waals surface area contributed by atoms with Gasteiger partial charge in [-0.3, -0.25) is 0 Å². The zero-order valence-electron chi connectivity index (χ0n) is 10.0. The van der Waals surface area contributed by atoms with Gasteiger partial charge in [-0.2, -0.15) is 5.26 Å². The number of nitrogens with zero attached hydrogens (tertiary/aromatic N) is 2. The Balaban J connectivity index is 2.38. The number of aryl methyl sites for hydroxylation is 1. The Morgan fingerprint density at radius 1 is 1.50 bits per heavy atom. The van der Waals surface area contributed by atoms with Crippen molar-refractivity contribution in [2.24, 2.45) is 0 Å². The zero-order chi connectivity index (χ0) is 13.1. The van der Waals surface area contributed by atoms with Gasteiger partial charge in [0, 0.05) is 4.90 Å². The van der Waals surface area contributed by atoms with Gasteiger partial charge in [0.25, 0.3) is 5.22 Å². The van der Waals surface area contributed by atoms with E-state index < -0.39 is 6.10 Å². The van der Waals surface area contributed by atoms with E-state index in [9.17, 15) is 5.11 Å². The van der Waals surface area contributed by atoms with Crippen molar-refractivity contribution in [2.75, 3.05) is 0 Å². The molecule has 5 heteroatoms. The smallest absolute Gasteiger partial charge is 0.260 e. The van der Waals surface area contributed by atoms with Crippen molar-refractivity contribution in [3.63, 3.8) is 0 Å². The SMILES string of the molecule is Cc1coc(Sc2cc(C#N)ccc2C(C)O)n1. The molecule has 0 saturated carbocycles. The first-order valence-electron chi connectivity index (χ1n) is 5.42. The normalized spacial score (nSPS) is 12.1. The first-order chi connectivity index (χ1) is 8.60. The maximum Gasteiger partial charge on any atom is 0.260 e. The molecule has 0 aliphatic rings. The first-order valence-corrected chi connectivity index (χ1v) is 6.24. The molecule has 0 spiro atoms. The van der Waals surface area contributed by atoms with Crippen molar-refractivity contribution in [1.29, 1.82) is 5.26 Å². The van der Waals surface area contributed by atoms with Gasteiger partial charge in [0.1, 0.15) is 6.26 Å². The zero-order valence-corrected chi connectivity index (χ0v) is 10.9. The van der Waals surface area contributed by atoms with Gasteiger partial charge in [-0.25, -0.2) is 4.98 Å². The standard InChI is InChI=1S/C13H12N2O2S/c1-8-7-17-13(15-8)18-12-5-10(6-14)3-4-11(12)9(2)16/h3-5,7,9,16H,1-2H3. The summed E-state index contributed by atoms with van der Waals surface area (Å²) in [4.78, 5) is 4.98. The maximum absolute atomic E-state index is 9.70. The van der Waals surface area contributed by atoms with Crippen LogP contribution in [0.1, 0.15) is 29.8 Å². The van der Waals surface area contributed by atoms with Crippen molar-refractivity contribution in [2.45, 2.75) is 30.1 Å². The van der Waals surface area contributed by atoms with Crippen LogP contribution in [-0.4, -0.2) is 10.1 Å². The van der Waals surface area contributed by atoms with Crippen LogP contribution in [0.3, 0.4) is 0 Å². The molecule has 1 unspecified atom stereocenters. The largest absolute Gasteiger partial charge is 0.439 e. The molecule has 0 aliphatic carbocycles. The fourth-order valence-corrected chi connectivity index (χ4v) is 2.53. The second kappa shape index (κ2) is 5.25. The van der Waals surface area contributed by atoms with Crippen molar-refractivity contribution in [3.8, 4) is 6.07 Å². The van der Waals surface area contributed by atoms with E-state index in [4.69, 9.17) is 9.68 Å². The van der Waals surface area contributed by atoms with Crippen LogP contribution in [0.5, 0.6) is 0 Å². The van der Waals surface area contributed by atoms with Gasteiger partial charge in [-0.05, 0) is 43.3 Å². The molecule has 0 bridgehead atoms. The Labute approximate surface area is 109 Å². The molecule has 1 atom stereocenters. The molecular weight excluding hydrogens is 248 g/mol. The lowest BCUT2D eigenvalue weighted by atomic mass is 10.1. The number of aromatic nitrogens is 1. The van der Waals surface area contributed by atoms with Gasteiger partial charge in [0.05, 0.1) is 23.4 Å². The van der Waals surface area contributed by atoms with Crippen molar-refractivity contribution >= 4 is 11.8 Å². The van der Waals surface area contributed by atoms with E-state index in [0.717, 1.165) is 16.2 Å². The van der Waals surface area contributed by atoms with E-state index in [1.54, 1.807) is 31.4 Å². The van der Waals surface area contributed by atoms with E-state index in [1.165, 1.54) is 11.8 Å². The second-order valence-electron chi connectivity index (χ2n) is 3.90. The number of aliphatic hydroxyl groups is 1. The molecule has 2 aromatic rings.